The van der Waals surface area contributed by atoms with Crippen molar-refractivity contribution in [1.29, 1.82) is 0 Å². The number of aromatic nitrogens is 2. The summed E-state index contributed by atoms with van der Waals surface area (Å²) in [6.45, 7) is 0. The molecule has 0 N–H and O–H groups in total. The van der Waals surface area contributed by atoms with Gasteiger partial charge in [0.1, 0.15) is 0 Å². The lowest BCUT2D eigenvalue weighted by atomic mass is 10.1. The van der Waals surface area contributed by atoms with Crippen molar-refractivity contribution in [2.75, 3.05) is 0 Å². The zero-order chi connectivity index (χ0) is 11.9. The summed E-state index contributed by atoms with van der Waals surface area (Å²) in [5.74, 6) is 0. The van der Waals surface area contributed by atoms with Crippen LogP contribution in [0.25, 0.3) is 32.7 Å². The summed E-state index contributed by atoms with van der Waals surface area (Å²) in [4.78, 5) is 9.07. The fourth-order valence-corrected chi connectivity index (χ4v) is 2.39. The van der Waals surface area contributed by atoms with Gasteiger partial charge in [-0.1, -0.05) is 42.5 Å². The van der Waals surface area contributed by atoms with Gasteiger partial charge in [0.05, 0.1) is 5.52 Å². The van der Waals surface area contributed by atoms with Gasteiger partial charge in [0.15, 0.2) is 5.65 Å². The van der Waals surface area contributed by atoms with Gasteiger partial charge in [-0.25, -0.2) is 9.97 Å². The highest BCUT2D eigenvalue weighted by atomic mass is 14.8. The van der Waals surface area contributed by atoms with Crippen LogP contribution in [-0.2, 0) is 0 Å². The number of para-hydroxylation sites is 1. The second-order valence-electron chi connectivity index (χ2n) is 4.40. The third-order valence-corrected chi connectivity index (χ3v) is 3.28. The second kappa shape index (κ2) is 3.50. The number of rotatable bonds is 0. The quantitative estimate of drug-likeness (QED) is 0.338. The Morgan fingerprint density at radius 2 is 1.50 bits per heavy atom. The number of benzene rings is 2. The predicted octanol–water partition coefficient (Wildman–Crippen LogP) is 3.94. The van der Waals surface area contributed by atoms with Gasteiger partial charge in [-0.2, -0.15) is 0 Å². The van der Waals surface area contributed by atoms with Gasteiger partial charge in [-0.3, -0.25) is 0 Å². The summed E-state index contributed by atoms with van der Waals surface area (Å²) in [6, 6.07) is 18.6. The summed E-state index contributed by atoms with van der Waals surface area (Å²) < 4.78 is 0. The molecule has 0 aliphatic heterocycles. The van der Waals surface area contributed by atoms with Gasteiger partial charge in [0, 0.05) is 22.4 Å². The molecule has 2 aromatic carbocycles. The minimum Gasteiger partial charge on any atom is -0.236 e. The van der Waals surface area contributed by atoms with Crippen molar-refractivity contribution >= 4 is 32.7 Å². The normalized spacial score (nSPS) is 11.3. The molecule has 0 radical (unpaired) electrons. The van der Waals surface area contributed by atoms with Gasteiger partial charge in [0.25, 0.3) is 0 Å². The Balaban J connectivity index is 2.27. The smallest absolute Gasteiger partial charge is 0.160 e. The van der Waals surface area contributed by atoms with Crippen LogP contribution in [0.2, 0.25) is 0 Å². The molecule has 0 aliphatic rings. The molecule has 0 spiro atoms. The van der Waals surface area contributed by atoms with E-state index in [9.17, 15) is 0 Å². The van der Waals surface area contributed by atoms with Gasteiger partial charge in [-0.05, 0) is 17.5 Å². The highest BCUT2D eigenvalue weighted by Gasteiger charge is 2.04. The second-order valence-corrected chi connectivity index (χ2v) is 4.40. The maximum Gasteiger partial charge on any atom is 0.160 e. The van der Waals surface area contributed by atoms with Gasteiger partial charge >= 0.3 is 0 Å². The third-order valence-electron chi connectivity index (χ3n) is 3.28. The summed E-state index contributed by atoms with van der Waals surface area (Å²) in [7, 11) is 0. The van der Waals surface area contributed by atoms with Crippen molar-refractivity contribution in [3.63, 3.8) is 0 Å². The van der Waals surface area contributed by atoms with Crippen LogP contribution in [-0.4, -0.2) is 9.97 Å². The molecular weight excluding hydrogens is 220 g/mol. The van der Waals surface area contributed by atoms with E-state index in [0.717, 1.165) is 27.3 Å². The molecule has 0 fully saturated rings. The van der Waals surface area contributed by atoms with Crippen molar-refractivity contribution in [3.05, 3.63) is 60.8 Å². The van der Waals surface area contributed by atoms with Crippen molar-refractivity contribution in [2.24, 2.45) is 0 Å². The zero-order valence-electron chi connectivity index (χ0n) is 9.67. The van der Waals surface area contributed by atoms with Crippen molar-refractivity contribution in [2.45, 2.75) is 0 Å². The van der Waals surface area contributed by atoms with Crippen molar-refractivity contribution < 1.29 is 0 Å². The van der Waals surface area contributed by atoms with E-state index in [1.54, 1.807) is 0 Å². The lowest BCUT2D eigenvalue weighted by Gasteiger charge is -2.04. The molecule has 2 heteroatoms. The molecule has 4 aromatic rings. The first-order valence-corrected chi connectivity index (χ1v) is 5.95. The van der Waals surface area contributed by atoms with E-state index in [1.807, 2.05) is 30.5 Å². The first-order chi connectivity index (χ1) is 8.92. The number of hydrogen-bond acceptors (Lipinski definition) is 2. The third kappa shape index (κ3) is 1.29. The lowest BCUT2D eigenvalue weighted by molar-refractivity contribution is 1.34. The Bertz CT molecular complexity index is 875. The number of hydrogen-bond donors (Lipinski definition) is 0. The first kappa shape index (κ1) is 9.54. The zero-order valence-corrected chi connectivity index (χ0v) is 9.67. The molecule has 84 valence electrons. The van der Waals surface area contributed by atoms with E-state index in [4.69, 9.17) is 0 Å². The number of fused-ring (bicyclic) bond motifs is 4. The molecule has 2 nitrogen and oxygen atoms in total. The Morgan fingerprint density at radius 1 is 0.722 bits per heavy atom. The van der Waals surface area contributed by atoms with Crippen LogP contribution in [0.5, 0.6) is 0 Å². The molecule has 4 rings (SSSR count). The lowest BCUT2D eigenvalue weighted by Crippen LogP contribution is -1.87. The largest absolute Gasteiger partial charge is 0.236 e. The van der Waals surface area contributed by atoms with Crippen molar-refractivity contribution in [1.82, 2.24) is 9.97 Å². The van der Waals surface area contributed by atoms with Crippen molar-refractivity contribution in [3.8, 4) is 0 Å². The first-order valence-electron chi connectivity index (χ1n) is 5.95. The molecule has 2 heterocycles. The number of pyridine rings is 2. The van der Waals surface area contributed by atoms with Crippen LogP contribution in [0.4, 0.5) is 0 Å². The van der Waals surface area contributed by atoms with Gasteiger partial charge in [0.2, 0.25) is 0 Å². The Hall–Kier alpha value is -2.48. The average molecular weight is 230 g/mol. The Kier molecular flexibility index (Phi) is 1.86. The van der Waals surface area contributed by atoms with E-state index in [2.05, 4.69) is 40.3 Å². The van der Waals surface area contributed by atoms with E-state index < -0.39 is 0 Å². The molecule has 0 saturated carbocycles. The maximum atomic E-state index is 4.62. The molecule has 0 saturated heterocycles. The van der Waals surface area contributed by atoms with E-state index in [1.165, 1.54) is 5.39 Å². The van der Waals surface area contributed by atoms with Crippen LogP contribution in [0, 0.1) is 0 Å². The monoisotopic (exact) mass is 230 g/mol. The summed E-state index contributed by atoms with van der Waals surface area (Å²) >= 11 is 0. The molecule has 0 unspecified atom stereocenters. The SMILES string of the molecule is c1ccc2nc3ncc4ccccc4c3cc2c1. The number of nitrogens with zero attached hydrogens (tertiary/aromatic N) is 2. The molecule has 0 bridgehead atoms. The summed E-state index contributed by atoms with van der Waals surface area (Å²) in [6.07, 6.45) is 1.89. The minimum atomic E-state index is 0.812. The highest BCUT2D eigenvalue weighted by molar-refractivity contribution is 6.07. The predicted molar refractivity (Wildman–Crippen MR) is 74.6 cm³/mol. The standard InChI is InChI=1S/C16H10N2/c1-3-7-13-12(6-1)10-17-16-14(13)9-11-5-2-4-8-15(11)18-16/h1-10H. The van der Waals surface area contributed by atoms with Crippen LogP contribution in [0.15, 0.2) is 60.8 Å². The van der Waals surface area contributed by atoms with Crippen LogP contribution in [0.1, 0.15) is 0 Å². The maximum absolute atomic E-state index is 4.62. The van der Waals surface area contributed by atoms with Crippen LogP contribution >= 0.6 is 0 Å². The molecule has 0 amide bonds. The highest BCUT2D eigenvalue weighted by Crippen LogP contribution is 2.25. The fraction of sp³-hybridized carbons (Fsp3) is 0. The van der Waals surface area contributed by atoms with E-state index >= 15 is 0 Å². The van der Waals surface area contributed by atoms with Crippen LogP contribution in [0.3, 0.4) is 0 Å². The molecular formula is C16H10N2. The minimum absolute atomic E-state index is 0.812. The van der Waals surface area contributed by atoms with Gasteiger partial charge in [-0.15, -0.1) is 0 Å². The Labute approximate surface area is 104 Å². The summed E-state index contributed by atoms with van der Waals surface area (Å²) in [5, 5.41) is 4.64. The van der Waals surface area contributed by atoms with E-state index in [-0.39, 0.29) is 0 Å². The fourth-order valence-electron chi connectivity index (χ4n) is 2.39. The molecule has 2 aromatic heterocycles. The van der Waals surface area contributed by atoms with Gasteiger partial charge < -0.3 is 0 Å². The van der Waals surface area contributed by atoms with E-state index in [0.29, 0.717) is 0 Å². The molecule has 18 heavy (non-hydrogen) atoms. The summed E-state index contributed by atoms with van der Waals surface area (Å²) in [5.41, 5.74) is 1.81. The molecule has 0 atom stereocenters. The average Bonchev–Trinajstić information content (AvgIpc) is 2.45. The molecule has 0 aliphatic carbocycles. The topological polar surface area (TPSA) is 25.8 Å². The van der Waals surface area contributed by atoms with Crippen LogP contribution < -0.4 is 0 Å². The Morgan fingerprint density at radius 3 is 2.44 bits per heavy atom.